The molecule has 0 aliphatic carbocycles. The quantitative estimate of drug-likeness (QED) is 0.304. The molecule has 3 aliphatic heterocycles. The number of carboxylic acid groups (broad SMARTS) is 2. The van der Waals surface area contributed by atoms with Crippen LogP contribution in [0.4, 0.5) is 0 Å². The van der Waals surface area contributed by atoms with Crippen molar-refractivity contribution in [1.29, 1.82) is 0 Å². The molecule has 188 valence electrons. The zero-order valence-corrected chi connectivity index (χ0v) is 20.2. The summed E-state index contributed by atoms with van der Waals surface area (Å²) in [6, 6.07) is 6.24. The first-order chi connectivity index (χ1) is 16.6. The lowest BCUT2D eigenvalue weighted by Gasteiger charge is -2.46. The van der Waals surface area contributed by atoms with E-state index in [0.29, 0.717) is 30.0 Å². The number of carboxylic acids is 2. The van der Waals surface area contributed by atoms with Gasteiger partial charge < -0.3 is 30.9 Å². The van der Waals surface area contributed by atoms with E-state index in [1.165, 1.54) is 16.7 Å². The first-order valence-corrected chi connectivity index (χ1v) is 12.4. The molecule has 1 aromatic carbocycles. The molecule has 0 radical (unpaired) electrons. The topological polar surface area (TPSA) is 156 Å². The Morgan fingerprint density at radius 2 is 1.86 bits per heavy atom. The summed E-state index contributed by atoms with van der Waals surface area (Å²) in [7, 11) is 0. The number of carbonyl (C=O) groups is 4. The Balaban J connectivity index is 1.34. The Kier molecular flexibility index (Phi) is 7.20. The third-order valence-corrected chi connectivity index (χ3v) is 8.37. The first-order valence-electron chi connectivity index (χ1n) is 11.5. The maximum absolute atomic E-state index is 12.7. The van der Waals surface area contributed by atoms with Crippen LogP contribution in [0.3, 0.4) is 0 Å². The number of aliphatic hydroxyl groups excluding tert-OH is 1. The van der Waals surface area contributed by atoms with Crippen LogP contribution in [0.15, 0.2) is 34.9 Å². The normalized spacial score (nSPS) is 28.5. The second kappa shape index (κ2) is 10.00. The molecule has 4 rings (SSSR count). The average molecular weight is 504 g/mol. The number of rotatable bonds is 9. The second-order valence-corrected chi connectivity index (χ2v) is 10.7. The van der Waals surface area contributed by atoms with Gasteiger partial charge in [-0.1, -0.05) is 31.2 Å². The van der Waals surface area contributed by atoms with Gasteiger partial charge in [0.15, 0.2) is 0 Å². The van der Waals surface area contributed by atoms with Gasteiger partial charge in [0.05, 0.1) is 30.5 Å². The van der Waals surface area contributed by atoms with Gasteiger partial charge in [-0.2, -0.15) is 0 Å². The summed E-state index contributed by atoms with van der Waals surface area (Å²) >= 11 is 1.40. The predicted molar refractivity (Wildman–Crippen MR) is 127 cm³/mol. The van der Waals surface area contributed by atoms with E-state index in [1.807, 2.05) is 6.92 Å². The SMILES string of the molecule is CC(O)C1C(=O)N2C(C(=O)O)=C(SC3CNC(C(=O)NCc4ccc(CC(=O)O)cc4)C3)C(C)C12. The van der Waals surface area contributed by atoms with Crippen molar-refractivity contribution in [2.45, 2.75) is 56.7 Å². The Morgan fingerprint density at radius 3 is 2.46 bits per heavy atom. The monoisotopic (exact) mass is 503 g/mol. The van der Waals surface area contributed by atoms with E-state index in [1.54, 1.807) is 31.2 Å². The lowest BCUT2D eigenvalue weighted by Crippen LogP contribution is -2.63. The van der Waals surface area contributed by atoms with Crippen LogP contribution in [-0.4, -0.2) is 74.0 Å². The number of aliphatic carboxylic acids is 2. The minimum Gasteiger partial charge on any atom is -0.481 e. The number of carbonyl (C=O) groups excluding carboxylic acids is 2. The van der Waals surface area contributed by atoms with Crippen LogP contribution in [0.2, 0.25) is 0 Å². The van der Waals surface area contributed by atoms with Crippen molar-refractivity contribution in [1.82, 2.24) is 15.5 Å². The predicted octanol–water partition coefficient (Wildman–Crippen LogP) is 0.547. The third-order valence-electron chi connectivity index (χ3n) is 6.86. The molecule has 10 nitrogen and oxygen atoms in total. The van der Waals surface area contributed by atoms with Crippen LogP contribution >= 0.6 is 11.8 Å². The van der Waals surface area contributed by atoms with E-state index in [2.05, 4.69) is 10.6 Å². The van der Waals surface area contributed by atoms with Crippen molar-refractivity contribution in [3.63, 3.8) is 0 Å². The molecule has 6 atom stereocenters. The highest BCUT2D eigenvalue weighted by Gasteiger charge is 2.60. The molecule has 0 bridgehead atoms. The number of aliphatic hydroxyl groups is 1. The number of hydrogen-bond acceptors (Lipinski definition) is 7. The molecule has 2 amide bonds. The van der Waals surface area contributed by atoms with E-state index < -0.39 is 30.0 Å². The number of benzene rings is 1. The van der Waals surface area contributed by atoms with Crippen LogP contribution in [0.5, 0.6) is 0 Å². The summed E-state index contributed by atoms with van der Waals surface area (Å²) in [5, 5.41) is 34.7. The molecular weight excluding hydrogens is 474 g/mol. The highest BCUT2D eigenvalue weighted by atomic mass is 32.2. The number of β-lactam (4-membered cyclic amide) rings is 1. The molecule has 0 spiro atoms. The summed E-state index contributed by atoms with van der Waals surface area (Å²) in [5.41, 5.74) is 1.54. The molecule has 2 saturated heterocycles. The van der Waals surface area contributed by atoms with E-state index in [4.69, 9.17) is 5.11 Å². The molecule has 2 fully saturated rings. The smallest absolute Gasteiger partial charge is 0.353 e. The lowest BCUT2D eigenvalue weighted by molar-refractivity contribution is -0.163. The number of hydrogen-bond donors (Lipinski definition) is 5. The fourth-order valence-electron chi connectivity index (χ4n) is 5.11. The van der Waals surface area contributed by atoms with Gasteiger partial charge in [0.2, 0.25) is 11.8 Å². The standard InChI is InChI=1S/C24H29N3O7S/c1-11-19-18(12(2)28)23(32)27(19)20(24(33)34)21(11)35-15-8-16(25-10-15)22(31)26-9-14-5-3-13(4-6-14)7-17(29)30/h3-6,11-12,15-16,18-19,25,28H,7-10H2,1-2H3,(H,26,31)(H,29,30)(H,33,34). The molecule has 0 saturated carbocycles. The van der Waals surface area contributed by atoms with Crippen molar-refractivity contribution in [3.8, 4) is 0 Å². The summed E-state index contributed by atoms with van der Waals surface area (Å²) < 4.78 is 0. The van der Waals surface area contributed by atoms with E-state index in [9.17, 15) is 29.4 Å². The summed E-state index contributed by atoms with van der Waals surface area (Å²) in [6.45, 7) is 4.26. The Labute approximate surface area is 206 Å². The molecule has 1 aromatic rings. The fraction of sp³-hybridized carbons (Fsp3) is 0.500. The molecule has 6 unspecified atom stereocenters. The number of nitrogens with one attached hydrogen (secondary N) is 2. The molecule has 3 aliphatic rings. The van der Waals surface area contributed by atoms with Gasteiger partial charge in [-0.05, 0) is 24.5 Å². The molecule has 5 N–H and O–H groups in total. The highest BCUT2D eigenvalue weighted by Crippen LogP contribution is 2.51. The van der Waals surface area contributed by atoms with Gasteiger partial charge >= 0.3 is 11.9 Å². The first kappa shape index (κ1) is 25.2. The summed E-state index contributed by atoms with van der Waals surface area (Å²) in [6.07, 6.45) is -0.390. The highest BCUT2D eigenvalue weighted by molar-refractivity contribution is 8.03. The lowest BCUT2D eigenvalue weighted by atomic mass is 9.79. The molecule has 3 heterocycles. The van der Waals surface area contributed by atoms with Gasteiger partial charge in [-0.3, -0.25) is 14.4 Å². The zero-order valence-electron chi connectivity index (χ0n) is 19.4. The van der Waals surface area contributed by atoms with Crippen LogP contribution in [0.25, 0.3) is 0 Å². The Morgan fingerprint density at radius 1 is 1.20 bits per heavy atom. The van der Waals surface area contributed by atoms with E-state index in [0.717, 1.165) is 5.56 Å². The molecule has 11 heteroatoms. The average Bonchev–Trinajstić information content (AvgIpc) is 3.34. The summed E-state index contributed by atoms with van der Waals surface area (Å²) in [5.74, 6) is -3.39. The Hall–Kier alpha value is -2.89. The number of amides is 2. The Bertz CT molecular complexity index is 1070. The number of nitrogens with zero attached hydrogens (tertiary/aromatic N) is 1. The number of thioether (sulfide) groups is 1. The van der Waals surface area contributed by atoms with Crippen LogP contribution in [0, 0.1) is 11.8 Å². The van der Waals surface area contributed by atoms with E-state index in [-0.39, 0.29) is 41.1 Å². The molecule has 0 aromatic heterocycles. The minimum absolute atomic E-state index is 0.00588. The van der Waals surface area contributed by atoms with Crippen LogP contribution in [-0.2, 0) is 32.1 Å². The van der Waals surface area contributed by atoms with Gasteiger partial charge in [-0.25, -0.2) is 4.79 Å². The zero-order chi connectivity index (χ0) is 25.4. The maximum atomic E-state index is 12.7. The maximum Gasteiger partial charge on any atom is 0.353 e. The van der Waals surface area contributed by atoms with Crippen molar-refractivity contribution >= 4 is 35.5 Å². The summed E-state index contributed by atoms with van der Waals surface area (Å²) in [4.78, 5) is 49.9. The van der Waals surface area contributed by atoms with Gasteiger partial charge in [0.25, 0.3) is 0 Å². The van der Waals surface area contributed by atoms with Gasteiger partial charge in [0, 0.05) is 29.2 Å². The van der Waals surface area contributed by atoms with Crippen molar-refractivity contribution in [3.05, 3.63) is 46.0 Å². The second-order valence-electron chi connectivity index (χ2n) is 9.31. The largest absolute Gasteiger partial charge is 0.481 e. The third kappa shape index (κ3) is 4.93. The number of fused-ring (bicyclic) bond motifs is 1. The van der Waals surface area contributed by atoms with E-state index >= 15 is 0 Å². The van der Waals surface area contributed by atoms with Gasteiger partial charge in [-0.15, -0.1) is 11.8 Å². The van der Waals surface area contributed by atoms with Crippen LogP contribution in [0.1, 0.15) is 31.4 Å². The minimum atomic E-state index is -1.16. The van der Waals surface area contributed by atoms with Crippen molar-refractivity contribution < 1.29 is 34.5 Å². The van der Waals surface area contributed by atoms with Crippen molar-refractivity contribution in [2.24, 2.45) is 11.8 Å². The molecular formula is C24H29N3O7S. The molecule has 35 heavy (non-hydrogen) atoms. The van der Waals surface area contributed by atoms with Crippen LogP contribution < -0.4 is 10.6 Å². The van der Waals surface area contributed by atoms with Gasteiger partial charge in [0.1, 0.15) is 5.70 Å². The van der Waals surface area contributed by atoms with Crippen molar-refractivity contribution in [2.75, 3.05) is 6.54 Å². The fourth-order valence-corrected chi connectivity index (χ4v) is 6.59.